The van der Waals surface area contributed by atoms with Crippen molar-refractivity contribution in [1.82, 2.24) is 16.0 Å². The van der Waals surface area contributed by atoms with E-state index in [0.29, 0.717) is 25.3 Å². The van der Waals surface area contributed by atoms with Crippen molar-refractivity contribution in [2.75, 3.05) is 6.54 Å². The molecule has 0 aromatic carbocycles. The predicted molar refractivity (Wildman–Crippen MR) is 94.5 cm³/mol. The number of nitrogens with two attached hydrogens (primary N) is 1. The Balaban J connectivity index is 2.27. The van der Waals surface area contributed by atoms with E-state index in [9.17, 15) is 19.5 Å². The van der Waals surface area contributed by atoms with Gasteiger partial charge in [-0.3, -0.25) is 9.59 Å². The van der Waals surface area contributed by atoms with E-state index in [-0.39, 0.29) is 11.9 Å². The fourth-order valence-electron chi connectivity index (χ4n) is 2.79. The number of carbonyl (C=O) groups is 3. The van der Waals surface area contributed by atoms with Crippen LogP contribution in [0.3, 0.4) is 0 Å². The van der Waals surface area contributed by atoms with Crippen LogP contribution in [0.1, 0.15) is 46.0 Å². The molecule has 0 saturated carbocycles. The Kier molecular flexibility index (Phi) is 8.98. The van der Waals surface area contributed by atoms with Gasteiger partial charge in [-0.15, -0.1) is 0 Å². The highest BCUT2D eigenvalue weighted by Crippen LogP contribution is 2.21. The number of aliphatic hydroxyl groups is 1. The Morgan fingerprint density at radius 1 is 1.24 bits per heavy atom. The van der Waals surface area contributed by atoms with E-state index >= 15 is 0 Å². The molecule has 1 rings (SSSR count). The van der Waals surface area contributed by atoms with Gasteiger partial charge in [-0.1, -0.05) is 12.2 Å². The quantitative estimate of drug-likeness (QED) is 0.377. The number of hydrogen-bond acceptors (Lipinski definition) is 4. The number of allylic oxidation sites excluding steroid dienone is 2. The van der Waals surface area contributed by atoms with E-state index in [1.165, 1.54) is 6.92 Å². The number of amides is 4. The summed E-state index contributed by atoms with van der Waals surface area (Å²) < 4.78 is 0. The third kappa shape index (κ3) is 8.53. The molecule has 0 radical (unpaired) electrons. The third-order valence-corrected chi connectivity index (χ3v) is 4.20. The van der Waals surface area contributed by atoms with Gasteiger partial charge in [-0.2, -0.15) is 0 Å². The Labute approximate surface area is 148 Å². The fourth-order valence-corrected chi connectivity index (χ4v) is 2.79. The van der Waals surface area contributed by atoms with Crippen LogP contribution in [0, 0.1) is 5.92 Å². The van der Waals surface area contributed by atoms with Crippen molar-refractivity contribution in [1.29, 1.82) is 0 Å². The van der Waals surface area contributed by atoms with Gasteiger partial charge in [0.25, 0.3) is 0 Å². The van der Waals surface area contributed by atoms with Crippen LogP contribution in [-0.2, 0) is 9.59 Å². The molecule has 0 aromatic heterocycles. The number of hydrogen-bond donors (Lipinski definition) is 5. The molecule has 0 bridgehead atoms. The summed E-state index contributed by atoms with van der Waals surface area (Å²) in [6.07, 6.45) is 7.30. The number of aliphatic hydroxyl groups excluding tert-OH is 1. The first-order chi connectivity index (χ1) is 11.8. The van der Waals surface area contributed by atoms with Gasteiger partial charge in [-0.05, 0) is 45.4 Å². The Morgan fingerprint density at radius 2 is 1.96 bits per heavy atom. The van der Waals surface area contributed by atoms with Crippen LogP contribution >= 0.6 is 0 Å². The number of rotatable bonds is 9. The molecule has 0 spiro atoms. The molecule has 142 valence electrons. The van der Waals surface area contributed by atoms with E-state index in [1.54, 1.807) is 0 Å². The SMILES string of the molecule is CC(CCNC(=O)C(NC(N)=O)C(C)O)NC(=O)CC1CC=CCC1. The smallest absolute Gasteiger partial charge is 0.312 e. The first kappa shape index (κ1) is 21.0. The lowest BCUT2D eigenvalue weighted by molar-refractivity contribution is -0.125. The van der Waals surface area contributed by atoms with E-state index < -0.39 is 24.1 Å². The number of urea groups is 1. The summed E-state index contributed by atoms with van der Waals surface area (Å²) in [4.78, 5) is 34.8. The number of nitrogens with one attached hydrogen (secondary N) is 3. The van der Waals surface area contributed by atoms with E-state index in [2.05, 4.69) is 28.1 Å². The second-order valence-corrected chi connectivity index (χ2v) is 6.63. The highest BCUT2D eigenvalue weighted by Gasteiger charge is 2.24. The highest BCUT2D eigenvalue weighted by atomic mass is 16.3. The van der Waals surface area contributed by atoms with Gasteiger partial charge in [-0.25, -0.2) is 4.79 Å². The third-order valence-electron chi connectivity index (χ3n) is 4.20. The minimum Gasteiger partial charge on any atom is -0.391 e. The predicted octanol–water partition coefficient (Wildman–Crippen LogP) is 0.162. The van der Waals surface area contributed by atoms with Gasteiger partial charge in [0.15, 0.2) is 0 Å². The molecule has 4 unspecified atom stereocenters. The van der Waals surface area contributed by atoms with Gasteiger partial charge in [0, 0.05) is 19.0 Å². The monoisotopic (exact) mass is 354 g/mol. The van der Waals surface area contributed by atoms with Crippen LogP contribution in [-0.4, -0.2) is 47.7 Å². The maximum Gasteiger partial charge on any atom is 0.312 e. The number of primary amides is 1. The van der Waals surface area contributed by atoms with E-state index in [1.807, 2.05) is 6.92 Å². The normalized spacial score (nSPS) is 20.2. The van der Waals surface area contributed by atoms with Gasteiger partial charge in [0.2, 0.25) is 11.8 Å². The molecular weight excluding hydrogens is 324 g/mol. The standard InChI is InChI=1S/C17H30N4O4/c1-11(20-14(23)10-13-6-4-3-5-7-13)8-9-19-16(24)15(12(2)22)21-17(18)25/h3-4,11-13,15,22H,5-10H2,1-2H3,(H,19,24)(H,20,23)(H3,18,21,25). The summed E-state index contributed by atoms with van der Waals surface area (Å²) in [5.74, 6) is -0.0822. The largest absolute Gasteiger partial charge is 0.391 e. The van der Waals surface area contributed by atoms with Gasteiger partial charge >= 0.3 is 6.03 Å². The molecule has 0 aliphatic heterocycles. The van der Waals surface area contributed by atoms with Gasteiger partial charge < -0.3 is 26.8 Å². The number of carbonyl (C=O) groups excluding carboxylic acids is 3. The molecule has 4 atom stereocenters. The van der Waals surface area contributed by atoms with Crippen LogP contribution in [0.25, 0.3) is 0 Å². The van der Waals surface area contributed by atoms with Crippen molar-refractivity contribution in [2.24, 2.45) is 11.7 Å². The van der Waals surface area contributed by atoms with Gasteiger partial charge in [0.1, 0.15) is 6.04 Å². The van der Waals surface area contributed by atoms with Crippen LogP contribution in [0.5, 0.6) is 0 Å². The van der Waals surface area contributed by atoms with Crippen LogP contribution < -0.4 is 21.7 Å². The summed E-state index contributed by atoms with van der Waals surface area (Å²) in [6.45, 7) is 3.58. The second-order valence-electron chi connectivity index (χ2n) is 6.63. The Bertz CT molecular complexity index is 493. The zero-order chi connectivity index (χ0) is 18.8. The fraction of sp³-hybridized carbons (Fsp3) is 0.706. The summed E-state index contributed by atoms with van der Waals surface area (Å²) in [5, 5.41) is 17.3. The minimum atomic E-state index is -1.10. The van der Waals surface area contributed by atoms with Crippen molar-refractivity contribution in [3.63, 3.8) is 0 Å². The van der Waals surface area contributed by atoms with E-state index in [0.717, 1.165) is 19.3 Å². The molecule has 8 nitrogen and oxygen atoms in total. The van der Waals surface area contributed by atoms with Gasteiger partial charge in [0.05, 0.1) is 6.10 Å². The van der Waals surface area contributed by atoms with Crippen molar-refractivity contribution in [2.45, 2.75) is 64.1 Å². The lowest BCUT2D eigenvalue weighted by atomic mass is 9.91. The first-order valence-electron chi connectivity index (χ1n) is 8.75. The molecule has 0 saturated heterocycles. The molecule has 6 N–H and O–H groups in total. The van der Waals surface area contributed by atoms with Crippen LogP contribution in [0.2, 0.25) is 0 Å². The first-order valence-corrected chi connectivity index (χ1v) is 8.75. The summed E-state index contributed by atoms with van der Waals surface area (Å²) in [5.41, 5.74) is 4.98. The van der Waals surface area contributed by atoms with Crippen LogP contribution in [0.4, 0.5) is 4.79 Å². The highest BCUT2D eigenvalue weighted by molar-refractivity contribution is 5.87. The molecule has 0 heterocycles. The van der Waals surface area contributed by atoms with Crippen molar-refractivity contribution in [3.05, 3.63) is 12.2 Å². The zero-order valence-electron chi connectivity index (χ0n) is 15.0. The molecule has 1 aliphatic rings. The summed E-state index contributed by atoms with van der Waals surface area (Å²) in [6, 6.07) is -2.05. The topological polar surface area (TPSA) is 134 Å². The molecule has 0 aromatic rings. The molecule has 1 aliphatic carbocycles. The summed E-state index contributed by atoms with van der Waals surface area (Å²) >= 11 is 0. The molecule has 4 amide bonds. The van der Waals surface area contributed by atoms with Crippen molar-refractivity contribution in [3.8, 4) is 0 Å². The Morgan fingerprint density at radius 3 is 2.52 bits per heavy atom. The van der Waals surface area contributed by atoms with Crippen LogP contribution in [0.15, 0.2) is 12.2 Å². The lowest BCUT2D eigenvalue weighted by Crippen LogP contribution is -2.54. The average molecular weight is 354 g/mol. The van der Waals surface area contributed by atoms with Crippen molar-refractivity contribution < 1.29 is 19.5 Å². The minimum absolute atomic E-state index is 0.0244. The maximum atomic E-state index is 12.0. The molecule has 8 heteroatoms. The molecule has 25 heavy (non-hydrogen) atoms. The lowest BCUT2D eigenvalue weighted by Gasteiger charge is -2.21. The molecule has 0 fully saturated rings. The second kappa shape index (κ2) is 10.7. The van der Waals surface area contributed by atoms with E-state index in [4.69, 9.17) is 5.73 Å². The molecular formula is C17H30N4O4. The Hall–Kier alpha value is -2.09. The average Bonchev–Trinajstić information content (AvgIpc) is 2.52. The summed E-state index contributed by atoms with van der Waals surface area (Å²) in [7, 11) is 0. The maximum absolute atomic E-state index is 12.0. The van der Waals surface area contributed by atoms with Crippen molar-refractivity contribution >= 4 is 17.8 Å². The zero-order valence-corrected chi connectivity index (χ0v) is 15.0.